The molecule has 7 nitrogen and oxygen atoms in total. The lowest BCUT2D eigenvalue weighted by atomic mass is 10.1. The zero-order chi connectivity index (χ0) is 23.0. The number of benzene rings is 2. The molecule has 0 radical (unpaired) electrons. The maximum absolute atomic E-state index is 13.6. The smallest absolute Gasteiger partial charge is 0.332 e. The molecular formula is C25H27N3O4. The number of hydrogen-bond acceptors (Lipinski definition) is 3. The van der Waals surface area contributed by atoms with Gasteiger partial charge in [-0.05, 0) is 42.7 Å². The molecule has 4 aromatic rings. The van der Waals surface area contributed by atoms with Crippen molar-refractivity contribution in [1.29, 1.82) is 0 Å². The Morgan fingerprint density at radius 3 is 2.50 bits per heavy atom. The Labute approximate surface area is 185 Å². The zero-order valence-electron chi connectivity index (χ0n) is 18.5. The second-order valence-corrected chi connectivity index (χ2v) is 8.29. The molecule has 0 amide bonds. The lowest BCUT2D eigenvalue weighted by molar-refractivity contribution is -0.141. The van der Waals surface area contributed by atoms with Gasteiger partial charge in [0.2, 0.25) is 0 Å². The predicted molar refractivity (Wildman–Crippen MR) is 125 cm³/mol. The quantitative estimate of drug-likeness (QED) is 0.480. The van der Waals surface area contributed by atoms with E-state index in [0.29, 0.717) is 17.3 Å². The third-order valence-electron chi connectivity index (χ3n) is 6.14. The molecule has 2 aromatic heterocycles. The molecule has 7 heteroatoms. The summed E-state index contributed by atoms with van der Waals surface area (Å²) in [6, 6.07) is 11.8. The van der Waals surface area contributed by atoms with Crippen molar-refractivity contribution >= 4 is 27.8 Å². The molecule has 166 valence electrons. The Kier molecular flexibility index (Phi) is 5.74. The van der Waals surface area contributed by atoms with E-state index < -0.39 is 23.3 Å². The number of fused-ring (bicyclic) bond motifs is 2. The molecule has 2 heterocycles. The summed E-state index contributed by atoms with van der Waals surface area (Å²) in [5.41, 5.74) is 2.44. The number of para-hydroxylation sites is 1. The second kappa shape index (κ2) is 8.49. The normalized spacial score (nSPS) is 12.5. The third kappa shape index (κ3) is 3.53. The van der Waals surface area contributed by atoms with Crippen LogP contribution in [0.5, 0.6) is 0 Å². The summed E-state index contributed by atoms with van der Waals surface area (Å²) in [6.07, 6.45) is 3.60. The van der Waals surface area contributed by atoms with Crippen LogP contribution in [-0.2, 0) is 18.4 Å². The average molecular weight is 434 g/mol. The minimum atomic E-state index is -1.19. The van der Waals surface area contributed by atoms with Gasteiger partial charge in [0.25, 0.3) is 5.56 Å². The maximum Gasteiger partial charge on any atom is 0.332 e. The number of aryl methyl sites for hydroxylation is 2. The van der Waals surface area contributed by atoms with E-state index in [4.69, 9.17) is 0 Å². The molecule has 0 saturated heterocycles. The van der Waals surface area contributed by atoms with Gasteiger partial charge in [-0.3, -0.25) is 9.36 Å². The van der Waals surface area contributed by atoms with Crippen LogP contribution in [0.4, 0.5) is 0 Å². The number of rotatable bonds is 7. The summed E-state index contributed by atoms with van der Waals surface area (Å²) in [5.74, 6) is -1.17. The number of carbonyl (C=O) groups is 1. The Bertz CT molecular complexity index is 1440. The number of unbranched alkanes of at least 4 members (excludes halogenated alkanes) is 1. The molecule has 0 unspecified atom stereocenters. The highest BCUT2D eigenvalue weighted by Gasteiger charge is 2.26. The van der Waals surface area contributed by atoms with Crippen molar-refractivity contribution < 1.29 is 9.90 Å². The van der Waals surface area contributed by atoms with Gasteiger partial charge in [0, 0.05) is 24.1 Å². The largest absolute Gasteiger partial charge is 0.480 e. The van der Waals surface area contributed by atoms with Gasteiger partial charge >= 0.3 is 11.7 Å². The highest BCUT2D eigenvalue weighted by molar-refractivity contribution is 5.87. The Hall–Kier alpha value is -3.61. The molecular weight excluding hydrogens is 406 g/mol. The highest BCUT2D eigenvalue weighted by atomic mass is 16.4. The van der Waals surface area contributed by atoms with Crippen LogP contribution < -0.4 is 11.2 Å². The second-order valence-electron chi connectivity index (χ2n) is 8.29. The fourth-order valence-corrected chi connectivity index (χ4v) is 4.55. The number of carboxylic acids is 1. The van der Waals surface area contributed by atoms with Gasteiger partial charge in [-0.2, -0.15) is 0 Å². The van der Waals surface area contributed by atoms with Gasteiger partial charge in [0.15, 0.2) is 0 Å². The van der Waals surface area contributed by atoms with E-state index in [1.807, 2.05) is 49.9 Å². The van der Waals surface area contributed by atoms with Crippen LogP contribution in [-0.4, -0.2) is 24.8 Å². The van der Waals surface area contributed by atoms with Crippen LogP contribution in [0.3, 0.4) is 0 Å². The first-order valence-corrected chi connectivity index (χ1v) is 10.9. The Morgan fingerprint density at radius 1 is 1.06 bits per heavy atom. The fourth-order valence-electron chi connectivity index (χ4n) is 4.55. The van der Waals surface area contributed by atoms with E-state index in [0.717, 1.165) is 33.0 Å². The molecule has 0 aliphatic heterocycles. The van der Waals surface area contributed by atoms with E-state index in [9.17, 15) is 19.5 Å². The minimum Gasteiger partial charge on any atom is -0.480 e. The molecule has 0 saturated carbocycles. The summed E-state index contributed by atoms with van der Waals surface area (Å²) in [4.78, 5) is 38.8. The van der Waals surface area contributed by atoms with E-state index in [1.165, 1.54) is 4.57 Å². The van der Waals surface area contributed by atoms with Crippen LogP contribution >= 0.6 is 0 Å². The van der Waals surface area contributed by atoms with Crippen LogP contribution in [0.2, 0.25) is 0 Å². The molecule has 0 aliphatic carbocycles. The summed E-state index contributed by atoms with van der Waals surface area (Å²) in [6.45, 7) is 4.21. The van der Waals surface area contributed by atoms with Crippen LogP contribution in [0.15, 0.2) is 58.3 Å². The first-order valence-electron chi connectivity index (χ1n) is 10.9. The topological polar surface area (TPSA) is 86.2 Å². The van der Waals surface area contributed by atoms with Crippen molar-refractivity contribution in [2.24, 2.45) is 7.05 Å². The van der Waals surface area contributed by atoms with Gasteiger partial charge in [-0.15, -0.1) is 0 Å². The minimum absolute atomic E-state index is 0.229. The fraction of sp³-hybridized carbons (Fsp3) is 0.320. The molecule has 4 rings (SSSR count). The number of aliphatic carboxylic acids is 1. The molecule has 1 N–H and O–H groups in total. The standard InChI is InChI=1S/C25H27N3O4/c1-4-5-11-21(24(30)31)28-23(29)18-10-6-7-12-19(18)27(25(28)32)15-17-14-26(3)20-13-8-9-16(2)22(17)20/h6-10,12-14,21H,4-5,11,15H2,1-3H3,(H,30,31)/t21-/m0/s1. The number of hydrogen-bond donors (Lipinski definition) is 1. The predicted octanol–water partition coefficient (Wildman–Crippen LogP) is 3.83. The summed E-state index contributed by atoms with van der Waals surface area (Å²) >= 11 is 0. The first-order chi connectivity index (χ1) is 15.3. The van der Waals surface area contributed by atoms with Crippen LogP contribution in [0.1, 0.15) is 43.4 Å². The molecule has 0 spiro atoms. The summed E-state index contributed by atoms with van der Waals surface area (Å²) in [7, 11) is 1.96. The van der Waals surface area contributed by atoms with Crippen molar-refractivity contribution in [3.63, 3.8) is 0 Å². The zero-order valence-corrected chi connectivity index (χ0v) is 18.5. The molecule has 1 atom stereocenters. The van der Waals surface area contributed by atoms with Crippen LogP contribution in [0, 0.1) is 6.92 Å². The average Bonchev–Trinajstić information content (AvgIpc) is 3.09. The molecule has 32 heavy (non-hydrogen) atoms. The maximum atomic E-state index is 13.6. The molecule has 0 bridgehead atoms. The molecule has 2 aromatic carbocycles. The Morgan fingerprint density at radius 2 is 1.78 bits per heavy atom. The van der Waals surface area contributed by atoms with E-state index in [1.54, 1.807) is 24.3 Å². The third-order valence-corrected chi connectivity index (χ3v) is 6.14. The van der Waals surface area contributed by atoms with Crippen LogP contribution in [0.25, 0.3) is 21.8 Å². The Balaban J connectivity index is 1.99. The van der Waals surface area contributed by atoms with Crippen molar-refractivity contribution in [1.82, 2.24) is 13.7 Å². The molecule has 0 aliphatic rings. The van der Waals surface area contributed by atoms with Gasteiger partial charge in [-0.1, -0.05) is 44.0 Å². The SMILES string of the molecule is CCCC[C@@H](C(=O)O)n1c(=O)c2ccccc2n(Cc2cn(C)c3cccc(C)c23)c1=O. The van der Waals surface area contributed by atoms with E-state index in [2.05, 4.69) is 0 Å². The summed E-state index contributed by atoms with van der Waals surface area (Å²) < 4.78 is 4.47. The van der Waals surface area contributed by atoms with Crippen molar-refractivity contribution in [2.75, 3.05) is 0 Å². The van der Waals surface area contributed by atoms with Gasteiger partial charge in [-0.25, -0.2) is 14.2 Å². The number of nitrogens with zero attached hydrogens (tertiary/aromatic N) is 3. The molecule has 0 fully saturated rings. The van der Waals surface area contributed by atoms with E-state index >= 15 is 0 Å². The van der Waals surface area contributed by atoms with Gasteiger partial charge < -0.3 is 9.67 Å². The number of carboxylic acid groups (broad SMARTS) is 1. The van der Waals surface area contributed by atoms with Gasteiger partial charge in [0.05, 0.1) is 17.4 Å². The van der Waals surface area contributed by atoms with Crippen molar-refractivity contribution in [3.05, 3.63) is 80.6 Å². The van der Waals surface area contributed by atoms with Gasteiger partial charge in [0.1, 0.15) is 6.04 Å². The monoisotopic (exact) mass is 433 g/mol. The van der Waals surface area contributed by atoms with Crippen molar-refractivity contribution in [2.45, 2.75) is 45.7 Å². The number of aromatic nitrogens is 3. The highest BCUT2D eigenvalue weighted by Crippen LogP contribution is 2.25. The summed E-state index contributed by atoms with van der Waals surface area (Å²) in [5, 5.41) is 11.2. The van der Waals surface area contributed by atoms with E-state index in [-0.39, 0.29) is 13.0 Å². The van der Waals surface area contributed by atoms with Crippen molar-refractivity contribution in [3.8, 4) is 0 Å². The lowest BCUT2D eigenvalue weighted by Crippen LogP contribution is -2.44. The first kappa shape index (κ1) is 21.6. The lowest BCUT2D eigenvalue weighted by Gasteiger charge is -2.19.